The maximum atomic E-state index is 12.9. The lowest BCUT2D eigenvalue weighted by atomic mass is 10.1. The SMILES string of the molecule is CC\C=C/C=C\C=C/CCCCCCCCCC(=O)OCC(COC(=O)CC/C=C\C/C=C\C/C=C\C/C=C\C/C=C\C/C=C\CC)OC(=O)CCCCCCCCC/C=C\CCCCCCCC. The van der Waals surface area contributed by atoms with Crippen molar-refractivity contribution in [3.8, 4) is 0 Å². The standard InChI is InChI=1S/C63H102O6/c1-4-7-10-13-16-19-22-25-28-30-31-33-35-38-41-44-47-50-53-56-62(65)68-59-60(58-67-61(64)55-52-49-46-43-40-37-34-27-24-21-18-15-12-9-6-3)69-63(66)57-54-51-48-45-42-39-36-32-29-26-23-20-17-14-11-8-5-2/h7,9-10,12,15-16,18-19,21,24-26,28-29,31,33,38,41,47,50,60H,4-6,8,11,13-14,17,20,22-23,27,30,32,34-37,39-40,42-46,48-49,51-59H2,1-3H3/b10-7-,12-9-,18-15-,19-16-,24-21-,28-25-,29-26-,33-31-,41-38-,50-47-. The van der Waals surface area contributed by atoms with Gasteiger partial charge in [0, 0.05) is 19.3 Å². The highest BCUT2D eigenvalue weighted by atomic mass is 16.6. The molecule has 6 nitrogen and oxygen atoms in total. The molecule has 0 aromatic carbocycles. The van der Waals surface area contributed by atoms with E-state index in [2.05, 4.69) is 136 Å². The lowest BCUT2D eigenvalue weighted by Crippen LogP contribution is -2.30. The number of rotatable bonds is 49. The lowest BCUT2D eigenvalue weighted by Gasteiger charge is -2.18. The van der Waals surface area contributed by atoms with Crippen LogP contribution < -0.4 is 0 Å². The second-order valence-corrected chi connectivity index (χ2v) is 18.1. The molecule has 0 heterocycles. The molecule has 69 heavy (non-hydrogen) atoms. The number of hydrogen-bond acceptors (Lipinski definition) is 6. The summed E-state index contributed by atoms with van der Waals surface area (Å²) in [7, 11) is 0. The van der Waals surface area contributed by atoms with Gasteiger partial charge in [-0.1, -0.05) is 239 Å². The van der Waals surface area contributed by atoms with E-state index in [1.165, 1.54) is 103 Å². The van der Waals surface area contributed by atoms with Crippen LogP contribution in [-0.4, -0.2) is 37.2 Å². The molecule has 0 rings (SSSR count). The quantitative estimate of drug-likeness (QED) is 0.0199. The van der Waals surface area contributed by atoms with E-state index in [1.54, 1.807) is 0 Å². The first-order valence-corrected chi connectivity index (χ1v) is 28.1. The van der Waals surface area contributed by atoms with Gasteiger partial charge in [-0.05, 0) is 103 Å². The first-order chi connectivity index (χ1) is 34.0. The number of carbonyl (C=O) groups is 3. The van der Waals surface area contributed by atoms with Gasteiger partial charge in [-0.25, -0.2) is 0 Å². The van der Waals surface area contributed by atoms with Gasteiger partial charge in [0.15, 0.2) is 6.10 Å². The first-order valence-electron chi connectivity index (χ1n) is 28.1. The molecule has 390 valence electrons. The molecule has 0 aliphatic rings. The van der Waals surface area contributed by atoms with Crippen LogP contribution in [0.3, 0.4) is 0 Å². The third kappa shape index (κ3) is 54.6. The zero-order valence-electron chi connectivity index (χ0n) is 44.5. The fraction of sp³-hybridized carbons (Fsp3) is 0.635. The molecule has 6 heteroatoms. The Kier molecular flexibility index (Phi) is 53.0. The Bertz CT molecular complexity index is 1470. The molecule has 0 aliphatic heterocycles. The van der Waals surface area contributed by atoms with Crippen LogP contribution in [-0.2, 0) is 28.6 Å². The molecular formula is C63H102O6. The number of allylic oxidation sites excluding steroid dienone is 20. The normalized spacial score (nSPS) is 13.0. The van der Waals surface area contributed by atoms with E-state index in [1.807, 2.05) is 6.08 Å². The van der Waals surface area contributed by atoms with Gasteiger partial charge in [0.1, 0.15) is 13.2 Å². The van der Waals surface area contributed by atoms with Crippen molar-refractivity contribution in [1.29, 1.82) is 0 Å². The van der Waals surface area contributed by atoms with E-state index in [4.69, 9.17) is 14.2 Å². The van der Waals surface area contributed by atoms with Crippen molar-refractivity contribution in [3.05, 3.63) is 122 Å². The fourth-order valence-corrected chi connectivity index (χ4v) is 7.34. The summed E-state index contributed by atoms with van der Waals surface area (Å²) in [5.41, 5.74) is 0. The number of esters is 3. The largest absolute Gasteiger partial charge is 0.462 e. The molecule has 0 radical (unpaired) electrons. The molecule has 0 spiro atoms. The summed E-state index contributed by atoms with van der Waals surface area (Å²) in [6.45, 7) is 6.31. The lowest BCUT2D eigenvalue weighted by molar-refractivity contribution is -0.166. The van der Waals surface area contributed by atoms with Crippen LogP contribution in [0.4, 0.5) is 0 Å². The number of unbranched alkanes of at least 4 members (excludes halogenated alkanes) is 20. The zero-order valence-corrected chi connectivity index (χ0v) is 44.5. The smallest absolute Gasteiger partial charge is 0.306 e. The van der Waals surface area contributed by atoms with Crippen LogP contribution in [0.5, 0.6) is 0 Å². The summed E-state index contributed by atoms with van der Waals surface area (Å²) >= 11 is 0. The van der Waals surface area contributed by atoms with Crippen molar-refractivity contribution in [2.24, 2.45) is 0 Å². The highest BCUT2D eigenvalue weighted by Crippen LogP contribution is 2.14. The van der Waals surface area contributed by atoms with Gasteiger partial charge in [-0.2, -0.15) is 0 Å². The van der Waals surface area contributed by atoms with Crippen molar-refractivity contribution >= 4 is 17.9 Å². The summed E-state index contributed by atoms with van der Waals surface area (Å²) in [5.74, 6) is -1.02. The van der Waals surface area contributed by atoms with Crippen LogP contribution in [0.2, 0.25) is 0 Å². The van der Waals surface area contributed by atoms with Crippen molar-refractivity contribution in [3.63, 3.8) is 0 Å². The monoisotopic (exact) mass is 955 g/mol. The molecule has 0 bridgehead atoms. The molecular weight excluding hydrogens is 853 g/mol. The minimum Gasteiger partial charge on any atom is -0.462 e. The first kappa shape index (κ1) is 64.8. The minimum atomic E-state index is -0.820. The summed E-state index contributed by atoms with van der Waals surface area (Å²) < 4.78 is 16.8. The van der Waals surface area contributed by atoms with Gasteiger partial charge in [-0.3, -0.25) is 14.4 Å². The zero-order chi connectivity index (χ0) is 50.0. The van der Waals surface area contributed by atoms with Crippen LogP contribution in [0.1, 0.15) is 239 Å². The van der Waals surface area contributed by atoms with Crippen molar-refractivity contribution in [2.75, 3.05) is 13.2 Å². The summed E-state index contributed by atoms with van der Waals surface area (Å²) in [4.78, 5) is 38.1. The average Bonchev–Trinajstić information content (AvgIpc) is 3.35. The number of carbonyl (C=O) groups excluding carboxylic acids is 3. The molecule has 0 aromatic rings. The molecule has 0 amide bonds. The molecule has 1 unspecified atom stereocenters. The molecule has 0 saturated carbocycles. The van der Waals surface area contributed by atoms with Crippen LogP contribution >= 0.6 is 0 Å². The third-order valence-corrected chi connectivity index (χ3v) is 11.5. The fourth-order valence-electron chi connectivity index (χ4n) is 7.34. The van der Waals surface area contributed by atoms with Crippen LogP contribution in [0.15, 0.2) is 122 Å². The molecule has 0 N–H and O–H groups in total. The van der Waals surface area contributed by atoms with Gasteiger partial charge < -0.3 is 14.2 Å². The van der Waals surface area contributed by atoms with Gasteiger partial charge in [0.2, 0.25) is 0 Å². The van der Waals surface area contributed by atoms with E-state index in [9.17, 15) is 14.4 Å². The van der Waals surface area contributed by atoms with E-state index in [0.29, 0.717) is 19.3 Å². The van der Waals surface area contributed by atoms with E-state index < -0.39 is 6.10 Å². The predicted molar refractivity (Wildman–Crippen MR) is 297 cm³/mol. The van der Waals surface area contributed by atoms with Gasteiger partial charge >= 0.3 is 17.9 Å². The van der Waals surface area contributed by atoms with Gasteiger partial charge in [0.05, 0.1) is 0 Å². The Morgan fingerprint density at radius 3 is 1.13 bits per heavy atom. The average molecular weight is 956 g/mol. The summed E-state index contributed by atoms with van der Waals surface area (Å²) in [6.07, 6.45) is 77.7. The molecule has 0 aromatic heterocycles. The number of hydrogen-bond donors (Lipinski definition) is 0. The second-order valence-electron chi connectivity index (χ2n) is 18.1. The molecule has 0 saturated heterocycles. The Labute approximate surface area is 424 Å². The molecule has 1 atom stereocenters. The van der Waals surface area contributed by atoms with Gasteiger partial charge in [-0.15, -0.1) is 0 Å². The predicted octanol–water partition coefficient (Wildman–Crippen LogP) is 18.9. The molecule has 0 aliphatic carbocycles. The van der Waals surface area contributed by atoms with Crippen molar-refractivity contribution < 1.29 is 28.6 Å². The van der Waals surface area contributed by atoms with Crippen molar-refractivity contribution in [2.45, 2.75) is 245 Å². The minimum absolute atomic E-state index is 0.112. The maximum Gasteiger partial charge on any atom is 0.306 e. The second kappa shape index (κ2) is 56.4. The Balaban J connectivity index is 4.53. The highest BCUT2D eigenvalue weighted by Gasteiger charge is 2.19. The Hall–Kier alpha value is -4.19. The highest BCUT2D eigenvalue weighted by molar-refractivity contribution is 5.71. The van der Waals surface area contributed by atoms with E-state index in [0.717, 1.165) is 89.9 Å². The summed E-state index contributed by atoms with van der Waals surface area (Å²) in [6, 6.07) is 0. The van der Waals surface area contributed by atoms with Gasteiger partial charge in [0.25, 0.3) is 0 Å². The maximum absolute atomic E-state index is 12.9. The Morgan fingerprint density at radius 1 is 0.319 bits per heavy atom. The molecule has 0 fully saturated rings. The number of ether oxygens (including phenoxy) is 3. The van der Waals surface area contributed by atoms with Crippen LogP contribution in [0, 0.1) is 0 Å². The van der Waals surface area contributed by atoms with Crippen molar-refractivity contribution in [1.82, 2.24) is 0 Å². The topological polar surface area (TPSA) is 78.9 Å². The Morgan fingerprint density at radius 2 is 0.667 bits per heavy atom. The third-order valence-electron chi connectivity index (χ3n) is 11.5. The van der Waals surface area contributed by atoms with E-state index in [-0.39, 0.29) is 37.5 Å². The van der Waals surface area contributed by atoms with Crippen LogP contribution in [0.25, 0.3) is 0 Å². The summed E-state index contributed by atoms with van der Waals surface area (Å²) in [5, 5.41) is 0. The van der Waals surface area contributed by atoms with E-state index >= 15 is 0 Å².